The maximum Gasteiger partial charge on any atom is 0.416 e. The smallest absolute Gasteiger partial charge is 0.416 e. The molecule has 0 fully saturated rings. The first-order valence-corrected chi connectivity index (χ1v) is 8.44. The van der Waals surface area contributed by atoms with Crippen molar-refractivity contribution in [1.29, 1.82) is 0 Å². The van der Waals surface area contributed by atoms with Crippen LogP contribution in [-0.2, 0) is 11.0 Å². The van der Waals surface area contributed by atoms with Gasteiger partial charge < -0.3 is 20.5 Å². The topological polar surface area (TPSA) is 70.6 Å². The molecule has 1 heterocycles. The number of nitrogens with one attached hydrogen (secondary N) is 2. The molecule has 5 nitrogen and oxygen atoms in total. The van der Waals surface area contributed by atoms with Crippen molar-refractivity contribution in [2.75, 3.05) is 11.9 Å². The summed E-state index contributed by atoms with van der Waals surface area (Å²) in [5, 5.41) is 16.2. The number of halogens is 5. The van der Waals surface area contributed by atoms with Gasteiger partial charge >= 0.3 is 6.18 Å². The zero-order chi connectivity index (χ0) is 19.8. The Labute approximate surface area is 162 Å². The SMILES string of the molecule is O=C1COc2c(Cl)ccc(Cl)c2C(C(O)Nc2ccc(C(F)(F)F)cc2)N1. The second kappa shape index (κ2) is 7.46. The molecule has 0 saturated heterocycles. The summed E-state index contributed by atoms with van der Waals surface area (Å²) in [6.45, 7) is -0.323. The molecule has 0 spiro atoms. The van der Waals surface area contributed by atoms with Crippen LogP contribution in [0.1, 0.15) is 17.2 Å². The molecule has 10 heteroatoms. The maximum atomic E-state index is 12.7. The number of benzene rings is 2. The van der Waals surface area contributed by atoms with Crippen molar-refractivity contribution in [2.24, 2.45) is 0 Å². The van der Waals surface area contributed by atoms with Gasteiger partial charge in [-0.2, -0.15) is 13.2 Å². The summed E-state index contributed by atoms with van der Waals surface area (Å²) in [6.07, 6.45) is -5.88. The van der Waals surface area contributed by atoms with Gasteiger partial charge in [0.1, 0.15) is 18.0 Å². The van der Waals surface area contributed by atoms with Crippen molar-refractivity contribution in [3.05, 3.63) is 57.6 Å². The highest BCUT2D eigenvalue weighted by Crippen LogP contribution is 2.40. The van der Waals surface area contributed by atoms with Crippen molar-refractivity contribution in [2.45, 2.75) is 18.4 Å². The molecule has 0 radical (unpaired) electrons. The average Bonchev–Trinajstić information content (AvgIpc) is 2.78. The fraction of sp³-hybridized carbons (Fsp3) is 0.235. The highest BCUT2D eigenvalue weighted by molar-refractivity contribution is 6.35. The van der Waals surface area contributed by atoms with E-state index in [4.69, 9.17) is 27.9 Å². The van der Waals surface area contributed by atoms with Gasteiger partial charge in [-0.15, -0.1) is 0 Å². The van der Waals surface area contributed by atoms with E-state index in [1.165, 1.54) is 24.3 Å². The number of hydrogen-bond donors (Lipinski definition) is 3. The Morgan fingerprint density at radius 3 is 2.41 bits per heavy atom. The number of amides is 1. The van der Waals surface area contributed by atoms with E-state index in [-0.39, 0.29) is 33.7 Å². The number of rotatable bonds is 3. The van der Waals surface area contributed by atoms with E-state index in [9.17, 15) is 23.1 Å². The molecular weight excluding hydrogens is 408 g/mol. The molecule has 0 aliphatic carbocycles. The van der Waals surface area contributed by atoms with Gasteiger partial charge in [-0.3, -0.25) is 4.79 Å². The van der Waals surface area contributed by atoms with Crippen LogP contribution in [-0.4, -0.2) is 23.8 Å². The van der Waals surface area contributed by atoms with Crippen LogP contribution in [0.5, 0.6) is 5.75 Å². The van der Waals surface area contributed by atoms with Crippen LogP contribution in [0.4, 0.5) is 18.9 Å². The predicted octanol–water partition coefficient (Wildman–Crippen LogP) is 3.99. The Kier molecular flexibility index (Phi) is 5.41. The summed E-state index contributed by atoms with van der Waals surface area (Å²) >= 11 is 12.3. The predicted molar refractivity (Wildman–Crippen MR) is 93.9 cm³/mol. The standard InChI is InChI=1S/C17H13Cl2F3N2O3/c18-10-5-6-11(19)15-13(10)14(24-12(25)7-27-15)16(26)23-9-3-1-8(2-4-9)17(20,21)22/h1-6,14,16,23,26H,7H2,(H,24,25). The van der Waals surface area contributed by atoms with Crippen LogP contribution >= 0.6 is 23.2 Å². The van der Waals surface area contributed by atoms with Gasteiger partial charge in [0.2, 0.25) is 0 Å². The first kappa shape index (κ1) is 19.6. The Balaban J connectivity index is 1.89. The molecule has 0 saturated carbocycles. The minimum Gasteiger partial charge on any atom is -0.482 e. The van der Waals surface area contributed by atoms with Gasteiger partial charge in [0.15, 0.2) is 6.61 Å². The molecule has 27 heavy (non-hydrogen) atoms. The summed E-state index contributed by atoms with van der Waals surface area (Å²) < 4.78 is 43.3. The van der Waals surface area contributed by atoms with Gasteiger partial charge in [-0.1, -0.05) is 23.2 Å². The molecule has 2 aromatic carbocycles. The molecule has 2 unspecified atom stereocenters. The monoisotopic (exact) mass is 420 g/mol. The van der Waals surface area contributed by atoms with Crippen LogP contribution in [0.15, 0.2) is 36.4 Å². The molecule has 0 bridgehead atoms. The molecule has 3 rings (SSSR count). The third kappa shape index (κ3) is 4.23. The Bertz CT molecular complexity index is 860. The van der Waals surface area contributed by atoms with Crippen molar-refractivity contribution in [1.82, 2.24) is 5.32 Å². The van der Waals surface area contributed by atoms with E-state index < -0.39 is 29.9 Å². The lowest BCUT2D eigenvalue weighted by molar-refractivity contribution is -0.137. The lowest BCUT2D eigenvalue weighted by Gasteiger charge is -2.26. The summed E-state index contributed by atoms with van der Waals surface area (Å²) in [7, 11) is 0. The molecule has 3 N–H and O–H groups in total. The van der Waals surface area contributed by atoms with Crippen molar-refractivity contribution in [3.63, 3.8) is 0 Å². The zero-order valence-corrected chi connectivity index (χ0v) is 15.0. The quantitative estimate of drug-likeness (QED) is 0.656. The number of fused-ring (bicyclic) bond motifs is 1. The van der Waals surface area contributed by atoms with E-state index in [2.05, 4.69) is 10.6 Å². The number of ether oxygens (including phenoxy) is 1. The molecule has 1 aliphatic heterocycles. The van der Waals surface area contributed by atoms with E-state index in [1.807, 2.05) is 0 Å². The molecule has 0 aromatic heterocycles. The second-order valence-electron chi connectivity index (χ2n) is 5.77. The van der Waals surface area contributed by atoms with Crippen molar-refractivity contribution >= 4 is 34.8 Å². The number of carbonyl (C=O) groups is 1. The van der Waals surface area contributed by atoms with Gasteiger partial charge in [0.25, 0.3) is 5.91 Å². The van der Waals surface area contributed by atoms with Gasteiger partial charge in [0, 0.05) is 16.3 Å². The largest absolute Gasteiger partial charge is 0.482 e. The number of carbonyl (C=O) groups excluding carboxylic acids is 1. The first-order chi connectivity index (χ1) is 12.7. The van der Waals surface area contributed by atoms with E-state index >= 15 is 0 Å². The fourth-order valence-electron chi connectivity index (χ4n) is 2.66. The number of alkyl halides is 3. The van der Waals surface area contributed by atoms with Crippen LogP contribution < -0.4 is 15.4 Å². The minimum atomic E-state index is -4.47. The highest BCUT2D eigenvalue weighted by Gasteiger charge is 2.33. The number of anilines is 1. The Morgan fingerprint density at radius 1 is 1.15 bits per heavy atom. The normalized spacial score (nSPS) is 18.0. The van der Waals surface area contributed by atoms with Crippen LogP contribution in [0.25, 0.3) is 0 Å². The van der Waals surface area contributed by atoms with Crippen LogP contribution in [0.2, 0.25) is 10.0 Å². The van der Waals surface area contributed by atoms with Gasteiger partial charge in [0.05, 0.1) is 10.6 Å². The second-order valence-corrected chi connectivity index (χ2v) is 6.58. The lowest BCUT2D eigenvalue weighted by atomic mass is 10.0. The third-order valence-corrected chi connectivity index (χ3v) is 4.54. The highest BCUT2D eigenvalue weighted by atomic mass is 35.5. The lowest BCUT2D eigenvalue weighted by Crippen LogP contribution is -2.40. The minimum absolute atomic E-state index is 0.154. The number of hydrogen-bond acceptors (Lipinski definition) is 4. The maximum absolute atomic E-state index is 12.7. The third-order valence-electron chi connectivity index (χ3n) is 3.91. The van der Waals surface area contributed by atoms with Gasteiger partial charge in [-0.25, -0.2) is 0 Å². The first-order valence-electron chi connectivity index (χ1n) is 7.68. The summed E-state index contributed by atoms with van der Waals surface area (Å²) in [4.78, 5) is 11.9. The summed E-state index contributed by atoms with van der Waals surface area (Å²) in [5.41, 5.74) is -0.338. The molecule has 144 valence electrons. The van der Waals surface area contributed by atoms with Crippen molar-refractivity contribution < 1.29 is 27.8 Å². The summed E-state index contributed by atoms with van der Waals surface area (Å²) in [5.74, 6) is -0.364. The fourth-order valence-corrected chi connectivity index (χ4v) is 3.14. The Hall–Kier alpha value is -2.16. The number of aliphatic hydroxyl groups excluding tert-OH is 1. The van der Waals surface area contributed by atoms with Crippen LogP contribution in [0, 0.1) is 0 Å². The van der Waals surface area contributed by atoms with E-state index in [1.54, 1.807) is 0 Å². The van der Waals surface area contributed by atoms with Crippen LogP contribution in [0.3, 0.4) is 0 Å². The number of aliphatic hydroxyl groups is 1. The Morgan fingerprint density at radius 2 is 1.78 bits per heavy atom. The van der Waals surface area contributed by atoms with E-state index in [0.717, 1.165) is 12.1 Å². The molecular formula is C17H13Cl2F3N2O3. The molecule has 1 aliphatic rings. The van der Waals surface area contributed by atoms with Crippen molar-refractivity contribution in [3.8, 4) is 5.75 Å². The average molecular weight is 421 g/mol. The summed E-state index contributed by atoms with van der Waals surface area (Å²) in [6, 6.07) is 6.03. The van der Waals surface area contributed by atoms with Gasteiger partial charge in [-0.05, 0) is 36.4 Å². The zero-order valence-electron chi connectivity index (χ0n) is 13.5. The molecule has 2 aromatic rings. The molecule has 2 atom stereocenters. The molecule has 1 amide bonds. The van der Waals surface area contributed by atoms with E-state index in [0.29, 0.717) is 0 Å².